The maximum atomic E-state index is 12.2. The molecule has 23 heavy (non-hydrogen) atoms. The first-order valence-corrected chi connectivity index (χ1v) is 8.41. The molecule has 1 amide bonds. The Morgan fingerprint density at radius 2 is 1.96 bits per heavy atom. The molecule has 1 N–H and O–H groups in total. The first-order valence-electron chi connectivity index (χ1n) is 8.41. The molecule has 5 nitrogen and oxygen atoms in total. The number of carbonyl (C=O) groups excluding carboxylic acids is 1. The summed E-state index contributed by atoms with van der Waals surface area (Å²) in [4.78, 5) is 14.5. The minimum absolute atomic E-state index is 0.0724. The third kappa shape index (κ3) is 5.52. The van der Waals surface area contributed by atoms with Crippen molar-refractivity contribution in [3.63, 3.8) is 0 Å². The topological polar surface area (TPSA) is 50.8 Å². The van der Waals surface area contributed by atoms with Crippen molar-refractivity contribution in [2.45, 2.75) is 32.8 Å². The van der Waals surface area contributed by atoms with Crippen LogP contribution in [0.5, 0.6) is 5.75 Å². The van der Waals surface area contributed by atoms with E-state index < -0.39 is 6.10 Å². The third-order valence-electron chi connectivity index (χ3n) is 4.04. The fourth-order valence-electron chi connectivity index (χ4n) is 2.61. The highest BCUT2D eigenvalue weighted by molar-refractivity contribution is 5.80. The standard InChI is InChI=1S/C18H28N2O3/c1-14(2)16-6-4-5-7-17(16)23-15(3)18(21)19-8-9-20-10-12-22-13-11-20/h4-7,14-15H,8-13H2,1-3H3,(H,19,21)/t15-/m1/s1. The van der Waals surface area contributed by atoms with Gasteiger partial charge in [-0.1, -0.05) is 32.0 Å². The summed E-state index contributed by atoms with van der Waals surface area (Å²) in [6, 6.07) is 7.90. The van der Waals surface area contributed by atoms with Crippen LogP contribution in [-0.4, -0.2) is 56.3 Å². The summed E-state index contributed by atoms with van der Waals surface area (Å²) in [7, 11) is 0. The lowest BCUT2D eigenvalue weighted by molar-refractivity contribution is -0.127. The minimum atomic E-state index is -0.500. The number of rotatable bonds is 7. The van der Waals surface area contributed by atoms with E-state index in [4.69, 9.17) is 9.47 Å². The van der Waals surface area contributed by atoms with Crippen LogP contribution >= 0.6 is 0 Å². The number of ether oxygens (including phenoxy) is 2. The van der Waals surface area contributed by atoms with Crippen LogP contribution < -0.4 is 10.1 Å². The van der Waals surface area contributed by atoms with Crippen molar-refractivity contribution in [2.24, 2.45) is 0 Å². The Morgan fingerprint density at radius 1 is 1.26 bits per heavy atom. The van der Waals surface area contributed by atoms with Gasteiger partial charge in [0.25, 0.3) is 5.91 Å². The van der Waals surface area contributed by atoms with Gasteiger partial charge in [0.1, 0.15) is 5.75 Å². The van der Waals surface area contributed by atoms with Crippen LogP contribution in [0.25, 0.3) is 0 Å². The van der Waals surface area contributed by atoms with Crippen LogP contribution in [0.15, 0.2) is 24.3 Å². The van der Waals surface area contributed by atoms with Gasteiger partial charge in [-0.25, -0.2) is 0 Å². The van der Waals surface area contributed by atoms with Crippen molar-refractivity contribution in [1.82, 2.24) is 10.2 Å². The fraction of sp³-hybridized carbons (Fsp3) is 0.611. The van der Waals surface area contributed by atoms with Crippen molar-refractivity contribution in [1.29, 1.82) is 0 Å². The summed E-state index contributed by atoms with van der Waals surface area (Å²) in [5.74, 6) is 1.08. The van der Waals surface area contributed by atoms with Crippen molar-refractivity contribution in [3.8, 4) is 5.75 Å². The predicted molar refractivity (Wildman–Crippen MR) is 90.9 cm³/mol. The van der Waals surface area contributed by atoms with Crippen molar-refractivity contribution in [2.75, 3.05) is 39.4 Å². The number of hydrogen-bond acceptors (Lipinski definition) is 4. The lowest BCUT2D eigenvalue weighted by Crippen LogP contribution is -2.44. The number of nitrogens with one attached hydrogen (secondary N) is 1. The van der Waals surface area contributed by atoms with Gasteiger partial charge in [0.15, 0.2) is 6.10 Å². The van der Waals surface area contributed by atoms with Gasteiger partial charge in [-0.05, 0) is 24.5 Å². The summed E-state index contributed by atoms with van der Waals surface area (Å²) in [6.45, 7) is 10.9. The molecule has 1 saturated heterocycles. The van der Waals surface area contributed by atoms with Gasteiger partial charge in [0.2, 0.25) is 0 Å². The molecule has 0 spiro atoms. The maximum Gasteiger partial charge on any atom is 0.260 e. The number of nitrogens with zero attached hydrogens (tertiary/aromatic N) is 1. The summed E-state index contributed by atoms with van der Waals surface area (Å²) in [5, 5.41) is 2.95. The monoisotopic (exact) mass is 320 g/mol. The Bertz CT molecular complexity index is 499. The van der Waals surface area contributed by atoms with E-state index >= 15 is 0 Å². The molecule has 0 aliphatic carbocycles. The first-order chi connectivity index (χ1) is 11.1. The molecule has 0 bridgehead atoms. The normalized spacial score (nSPS) is 17.0. The molecule has 1 atom stereocenters. The van der Waals surface area contributed by atoms with Gasteiger partial charge in [-0.3, -0.25) is 9.69 Å². The maximum absolute atomic E-state index is 12.2. The van der Waals surface area contributed by atoms with E-state index in [9.17, 15) is 4.79 Å². The minimum Gasteiger partial charge on any atom is -0.481 e. The number of amides is 1. The molecule has 128 valence electrons. The molecule has 1 aromatic rings. The lowest BCUT2D eigenvalue weighted by Gasteiger charge is -2.26. The summed E-state index contributed by atoms with van der Waals surface area (Å²) in [6.07, 6.45) is -0.500. The smallest absolute Gasteiger partial charge is 0.260 e. The fourth-order valence-corrected chi connectivity index (χ4v) is 2.61. The molecular weight excluding hydrogens is 292 g/mol. The number of hydrogen-bond donors (Lipinski definition) is 1. The molecule has 0 unspecified atom stereocenters. The molecule has 0 radical (unpaired) electrons. The molecule has 1 aliphatic heterocycles. The summed E-state index contributed by atoms with van der Waals surface area (Å²) in [5.41, 5.74) is 1.13. The van der Waals surface area contributed by atoms with Gasteiger partial charge >= 0.3 is 0 Å². The second-order valence-electron chi connectivity index (χ2n) is 6.20. The molecule has 1 aromatic carbocycles. The average molecular weight is 320 g/mol. The van der Waals surface area contributed by atoms with Crippen LogP contribution in [-0.2, 0) is 9.53 Å². The van der Waals surface area contributed by atoms with E-state index in [1.807, 2.05) is 24.3 Å². The molecular formula is C18H28N2O3. The van der Waals surface area contributed by atoms with E-state index in [-0.39, 0.29) is 5.91 Å². The Hall–Kier alpha value is -1.59. The van der Waals surface area contributed by atoms with Gasteiger partial charge in [0.05, 0.1) is 13.2 Å². The second-order valence-corrected chi connectivity index (χ2v) is 6.20. The van der Waals surface area contributed by atoms with Crippen molar-refractivity contribution < 1.29 is 14.3 Å². The summed E-state index contributed by atoms with van der Waals surface area (Å²) < 4.78 is 11.2. The molecule has 0 saturated carbocycles. The van der Waals surface area contributed by atoms with Gasteiger partial charge in [0, 0.05) is 26.2 Å². The molecule has 1 heterocycles. The van der Waals surface area contributed by atoms with E-state index in [0.29, 0.717) is 12.5 Å². The molecule has 0 aromatic heterocycles. The number of benzene rings is 1. The Kier molecular flexibility index (Phi) is 6.86. The molecule has 2 rings (SSSR count). The largest absolute Gasteiger partial charge is 0.481 e. The lowest BCUT2D eigenvalue weighted by atomic mass is 10.0. The highest BCUT2D eigenvalue weighted by atomic mass is 16.5. The van der Waals surface area contributed by atoms with Gasteiger partial charge in [-0.2, -0.15) is 0 Å². The average Bonchev–Trinajstić information content (AvgIpc) is 2.56. The zero-order chi connectivity index (χ0) is 16.7. The molecule has 1 aliphatic rings. The molecule has 1 fully saturated rings. The van der Waals surface area contributed by atoms with E-state index in [2.05, 4.69) is 24.1 Å². The van der Waals surface area contributed by atoms with Crippen LogP contribution in [0.4, 0.5) is 0 Å². The number of morpholine rings is 1. The first kappa shape index (κ1) is 17.8. The highest BCUT2D eigenvalue weighted by Crippen LogP contribution is 2.26. The Balaban J connectivity index is 1.78. The van der Waals surface area contributed by atoms with E-state index in [1.54, 1.807) is 6.92 Å². The molecule has 5 heteroatoms. The van der Waals surface area contributed by atoms with Crippen LogP contribution in [0, 0.1) is 0 Å². The highest BCUT2D eigenvalue weighted by Gasteiger charge is 2.17. The SMILES string of the molecule is CC(C)c1ccccc1O[C@H](C)C(=O)NCCN1CCOCC1. The summed E-state index contributed by atoms with van der Waals surface area (Å²) >= 11 is 0. The van der Waals surface area contributed by atoms with E-state index in [1.165, 1.54) is 0 Å². The van der Waals surface area contributed by atoms with Crippen LogP contribution in [0.1, 0.15) is 32.3 Å². The van der Waals surface area contributed by atoms with E-state index in [0.717, 1.165) is 44.2 Å². The zero-order valence-corrected chi connectivity index (χ0v) is 14.4. The van der Waals surface area contributed by atoms with Crippen molar-refractivity contribution >= 4 is 5.91 Å². The van der Waals surface area contributed by atoms with Gasteiger partial charge in [-0.15, -0.1) is 0 Å². The zero-order valence-electron chi connectivity index (χ0n) is 14.4. The van der Waals surface area contributed by atoms with Gasteiger partial charge < -0.3 is 14.8 Å². The Labute approximate surface area is 139 Å². The van der Waals surface area contributed by atoms with Crippen molar-refractivity contribution in [3.05, 3.63) is 29.8 Å². The van der Waals surface area contributed by atoms with Crippen LogP contribution in [0.2, 0.25) is 0 Å². The predicted octanol–water partition coefficient (Wildman–Crippen LogP) is 2.03. The Morgan fingerprint density at radius 3 is 2.65 bits per heavy atom. The second kappa shape index (κ2) is 8.89. The number of para-hydroxylation sites is 1. The van der Waals surface area contributed by atoms with Crippen LogP contribution in [0.3, 0.4) is 0 Å². The quantitative estimate of drug-likeness (QED) is 0.835. The third-order valence-corrected chi connectivity index (χ3v) is 4.04. The number of carbonyl (C=O) groups is 1.